The summed E-state index contributed by atoms with van der Waals surface area (Å²) in [6, 6.07) is -0.0756. The maximum atomic E-state index is 12.3. The topological polar surface area (TPSA) is 50.8 Å². The first-order valence-electron chi connectivity index (χ1n) is 5.91. The van der Waals surface area contributed by atoms with Crippen molar-refractivity contribution < 1.29 is 14.3 Å². The number of ether oxygens (including phenoxy) is 2. The highest BCUT2D eigenvalue weighted by molar-refractivity contribution is 8.75. The lowest BCUT2D eigenvalue weighted by Gasteiger charge is -2.26. The van der Waals surface area contributed by atoms with Gasteiger partial charge in [0.2, 0.25) is 5.91 Å². The monoisotopic (exact) mass is 294 g/mol. The van der Waals surface area contributed by atoms with Gasteiger partial charge in [0, 0.05) is 20.8 Å². The molecule has 1 rings (SSSR count). The molecule has 7 heteroatoms. The molecule has 0 aromatic rings. The fourth-order valence-electron chi connectivity index (χ4n) is 2.08. The van der Waals surface area contributed by atoms with Gasteiger partial charge in [-0.2, -0.15) is 0 Å². The van der Waals surface area contributed by atoms with E-state index in [1.807, 2.05) is 18.1 Å². The van der Waals surface area contributed by atoms with Crippen molar-refractivity contribution in [3.8, 4) is 0 Å². The number of likely N-dealkylation sites (tertiary alicyclic amines) is 1. The van der Waals surface area contributed by atoms with Crippen LogP contribution in [-0.4, -0.2) is 62.6 Å². The van der Waals surface area contributed by atoms with Crippen molar-refractivity contribution in [3.05, 3.63) is 0 Å². The van der Waals surface area contributed by atoms with Gasteiger partial charge in [0.15, 0.2) is 0 Å². The highest BCUT2D eigenvalue weighted by Gasteiger charge is 2.36. The van der Waals surface area contributed by atoms with Gasteiger partial charge in [-0.25, -0.2) is 4.72 Å². The molecule has 106 valence electrons. The van der Waals surface area contributed by atoms with E-state index in [1.54, 1.807) is 25.0 Å². The van der Waals surface area contributed by atoms with E-state index in [4.69, 9.17) is 9.47 Å². The van der Waals surface area contributed by atoms with Crippen molar-refractivity contribution in [2.24, 2.45) is 0 Å². The van der Waals surface area contributed by atoms with Crippen molar-refractivity contribution >= 4 is 27.7 Å². The molecule has 5 nitrogen and oxygen atoms in total. The average molecular weight is 294 g/mol. The molecule has 1 amide bonds. The number of hydrogen-bond donors (Lipinski definition) is 1. The second kappa shape index (κ2) is 8.27. The lowest BCUT2D eigenvalue weighted by molar-refractivity contribution is -0.134. The standard InChI is InChI=1S/C11H22N2O3S2/c1-8(12-18-17-4)11(14)13-6-10(16-3)5-9(13)7-15-2/h8-10,12H,5-7H2,1-4H3/t8?,9-,10+/m0/s1. The van der Waals surface area contributed by atoms with Crippen LogP contribution in [0.25, 0.3) is 0 Å². The molecular formula is C11H22N2O3S2. The second-order valence-corrected chi connectivity index (χ2v) is 6.52. The van der Waals surface area contributed by atoms with Gasteiger partial charge in [-0.15, -0.1) is 0 Å². The van der Waals surface area contributed by atoms with Crippen LogP contribution in [0, 0.1) is 0 Å². The van der Waals surface area contributed by atoms with Crippen LogP contribution in [0.3, 0.4) is 0 Å². The summed E-state index contributed by atoms with van der Waals surface area (Å²) in [5, 5.41) is 0. The molecule has 1 fully saturated rings. The maximum absolute atomic E-state index is 12.3. The fourth-order valence-corrected chi connectivity index (χ4v) is 3.15. The number of hydrogen-bond acceptors (Lipinski definition) is 6. The van der Waals surface area contributed by atoms with Gasteiger partial charge in [-0.05, 0) is 30.6 Å². The summed E-state index contributed by atoms with van der Waals surface area (Å²) < 4.78 is 13.6. The number of carbonyl (C=O) groups is 1. The van der Waals surface area contributed by atoms with E-state index in [0.717, 1.165) is 6.42 Å². The zero-order chi connectivity index (χ0) is 13.5. The zero-order valence-corrected chi connectivity index (χ0v) is 13.0. The third-order valence-electron chi connectivity index (χ3n) is 3.03. The Morgan fingerprint density at radius 3 is 2.83 bits per heavy atom. The molecule has 0 radical (unpaired) electrons. The average Bonchev–Trinajstić information content (AvgIpc) is 2.78. The summed E-state index contributed by atoms with van der Waals surface area (Å²) in [6.07, 6.45) is 2.94. The van der Waals surface area contributed by atoms with Crippen molar-refractivity contribution in [3.63, 3.8) is 0 Å². The Hall–Kier alpha value is 0.0500. The SMILES string of the molecule is COC[C@@H]1C[C@@H](OC)CN1C(=O)C(C)NSSC. The van der Waals surface area contributed by atoms with E-state index >= 15 is 0 Å². The third-order valence-corrected chi connectivity index (χ3v) is 4.44. The normalized spacial score (nSPS) is 25.4. The van der Waals surface area contributed by atoms with Gasteiger partial charge in [-0.3, -0.25) is 4.79 Å². The van der Waals surface area contributed by atoms with E-state index in [0.29, 0.717) is 13.2 Å². The smallest absolute Gasteiger partial charge is 0.240 e. The van der Waals surface area contributed by atoms with Gasteiger partial charge in [0.25, 0.3) is 0 Å². The van der Waals surface area contributed by atoms with E-state index < -0.39 is 0 Å². The molecule has 18 heavy (non-hydrogen) atoms. The summed E-state index contributed by atoms with van der Waals surface area (Å²) >= 11 is 0. The molecule has 1 aliphatic rings. The van der Waals surface area contributed by atoms with Gasteiger partial charge in [0.05, 0.1) is 24.8 Å². The molecule has 0 aromatic heterocycles. The predicted molar refractivity (Wildman–Crippen MR) is 76.5 cm³/mol. The summed E-state index contributed by atoms with van der Waals surface area (Å²) in [7, 11) is 6.42. The van der Waals surface area contributed by atoms with Gasteiger partial charge in [0.1, 0.15) is 0 Å². The minimum Gasteiger partial charge on any atom is -0.383 e. The predicted octanol–water partition coefficient (Wildman–Crippen LogP) is 1.15. The Kier molecular flexibility index (Phi) is 7.40. The van der Waals surface area contributed by atoms with E-state index in [9.17, 15) is 4.79 Å². The van der Waals surface area contributed by atoms with Gasteiger partial charge < -0.3 is 14.4 Å². The summed E-state index contributed by atoms with van der Waals surface area (Å²) in [4.78, 5) is 14.2. The molecule has 1 N–H and O–H groups in total. The molecule has 1 saturated heterocycles. The molecule has 1 aliphatic heterocycles. The van der Waals surface area contributed by atoms with Crippen LogP contribution < -0.4 is 4.72 Å². The molecule has 0 saturated carbocycles. The van der Waals surface area contributed by atoms with Crippen molar-refractivity contribution in [2.45, 2.75) is 31.5 Å². The highest BCUT2D eigenvalue weighted by atomic mass is 33.1. The fraction of sp³-hybridized carbons (Fsp3) is 0.909. The van der Waals surface area contributed by atoms with Crippen LogP contribution in [0.2, 0.25) is 0 Å². The quantitative estimate of drug-likeness (QED) is 0.561. The Balaban J connectivity index is 2.57. The summed E-state index contributed by atoms with van der Waals surface area (Å²) in [5.41, 5.74) is 0. The van der Waals surface area contributed by atoms with Gasteiger partial charge >= 0.3 is 0 Å². The molecule has 0 spiro atoms. The molecule has 0 bridgehead atoms. The Labute approximate surface area is 117 Å². The molecule has 3 atom stereocenters. The number of nitrogens with zero attached hydrogens (tertiary/aromatic N) is 1. The Bertz CT molecular complexity index is 269. The van der Waals surface area contributed by atoms with Crippen LogP contribution in [-0.2, 0) is 14.3 Å². The van der Waals surface area contributed by atoms with E-state index in [-0.39, 0.29) is 24.1 Å². The maximum Gasteiger partial charge on any atom is 0.240 e. The summed E-state index contributed by atoms with van der Waals surface area (Å²) in [6.45, 7) is 3.10. The highest BCUT2D eigenvalue weighted by Crippen LogP contribution is 2.22. The molecule has 0 aromatic carbocycles. The first kappa shape index (κ1) is 16.1. The van der Waals surface area contributed by atoms with E-state index in [1.165, 1.54) is 11.0 Å². The minimum absolute atomic E-state index is 0.109. The minimum atomic E-state index is -0.197. The number of methoxy groups -OCH3 is 2. The first-order chi connectivity index (χ1) is 8.63. The van der Waals surface area contributed by atoms with E-state index in [2.05, 4.69) is 4.72 Å². The lowest BCUT2D eigenvalue weighted by Crippen LogP contribution is -2.46. The molecule has 0 aliphatic carbocycles. The molecule has 1 unspecified atom stereocenters. The molecular weight excluding hydrogens is 272 g/mol. The Morgan fingerprint density at radius 2 is 2.28 bits per heavy atom. The van der Waals surface area contributed by atoms with Crippen LogP contribution in [0.15, 0.2) is 0 Å². The van der Waals surface area contributed by atoms with Crippen LogP contribution in [0.5, 0.6) is 0 Å². The summed E-state index contributed by atoms with van der Waals surface area (Å²) in [5.74, 6) is 0.109. The van der Waals surface area contributed by atoms with Crippen LogP contribution >= 0.6 is 21.8 Å². The number of amides is 1. The second-order valence-electron chi connectivity index (χ2n) is 4.28. The van der Waals surface area contributed by atoms with Crippen LogP contribution in [0.1, 0.15) is 13.3 Å². The van der Waals surface area contributed by atoms with Crippen molar-refractivity contribution in [1.82, 2.24) is 9.62 Å². The number of nitrogens with one attached hydrogen (secondary N) is 1. The van der Waals surface area contributed by atoms with Gasteiger partial charge in [-0.1, -0.05) is 10.8 Å². The number of rotatable bonds is 7. The van der Waals surface area contributed by atoms with Crippen molar-refractivity contribution in [2.75, 3.05) is 33.6 Å². The first-order valence-corrected chi connectivity index (χ1v) is 8.47. The largest absolute Gasteiger partial charge is 0.383 e. The third kappa shape index (κ3) is 4.31. The van der Waals surface area contributed by atoms with Crippen LogP contribution in [0.4, 0.5) is 0 Å². The van der Waals surface area contributed by atoms with Crippen molar-refractivity contribution in [1.29, 1.82) is 0 Å². The Morgan fingerprint density at radius 1 is 1.56 bits per heavy atom. The lowest BCUT2D eigenvalue weighted by atomic mass is 10.2. The number of carbonyl (C=O) groups excluding carboxylic acids is 1. The zero-order valence-electron chi connectivity index (χ0n) is 11.3. The molecule has 1 heterocycles.